The molecule has 38 heavy (non-hydrogen) atoms. The van der Waals surface area contributed by atoms with E-state index >= 15 is 0 Å². The molecule has 7 nitrogen and oxygen atoms in total. The van der Waals surface area contributed by atoms with Crippen LogP contribution in [-0.2, 0) is 11.0 Å². The van der Waals surface area contributed by atoms with E-state index in [-0.39, 0.29) is 33.4 Å². The molecule has 3 aromatic rings. The van der Waals surface area contributed by atoms with E-state index in [4.69, 9.17) is 16.3 Å². The third-order valence-electron chi connectivity index (χ3n) is 5.06. The lowest BCUT2D eigenvalue weighted by atomic mass is 9.95. The second-order valence-electron chi connectivity index (χ2n) is 9.13. The Morgan fingerprint density at radius 3 is 2.24 bits per heavy atom. The molecule has 0 fully saturated rings. The Kier molecular flexibility index (Phi) is 8.57. The normalized spacial score (nSPS) is 11.8. The lowest BCUT2D eigenvalue weighted by Gasteiger charge is -2.17. The zero-order valence-corrected chi connectivity index (χ0v) is 21.3. The average Bonchev–Trinajstić information content (AvgIpc) is 2.85. The SMILES string of the molecule is CC(C)(C)C(=O)Nc1ccc(C(=O)N/N=C/c2cc(Cl)ccc2OC(=O)c2cccc(C(F)(F)F)c2)cc1. The summed E-state index contributed by atoms with van der Waals surface area (Å²) < 4.78 is 44.2. The van der Waals surface area contributed by atoms with Crippen molar-refractivity contribution >= 4 is 41.3 Å². The number of hydrogen-bond donors (Lipinski definition) is 2. The van der Waals surface area contributed by atoms with Crippen molar-refractivity contribution in [2.45, 2.75) is 26.9 Å². The summed E-state index contributed by atoms with van der Waals surface area (Å²) >= 11 is 6.01. The van der Waals surface area contributed by atoms with Crippen LogP contribution in [0.4, 0.5) is 18.9 Å². The third-order valence-corrected chi connectivity index (χ3v) is 5.29. The number of ether oxygens (including phenoxy) is 1. The largest absolute Gasteiger partial charge is 0.422 e. The summed E-state index contributed by atoms with van der Waals surface area (Å²) in [5, 5.41) is 6.88. The Morgan fingerprint density at radius 2 is 1.61 bits per heavy atom. The van der Waals surface area contributed by atoms with Gasteiger partial charge in [-0.05, 0) is 60.7 Å². The van der Waals surface area contributed by atoms with Crippen molar-refractivity contribution in [2.24, 2.45) is 10.5 Å². The number of benzene rings is 3. The lowest BCUT2D eigenvalue weighted by Crippen LogP contribution is -2.27. The molecule has 0 saturated carbocycles. The Morgan fingerprint density at radius 1 is 0.921 bits per heavy atom. The molecule has 0 aromatic heterocycles. The fourth-order valence-corrected chi connectivity index (χ4v) is 3.12. The number of nitrogens with zero attached hydrogens (tertiary/aromatic N) is 1. The molecule has 0 aliphatic heterocycles. The van der Waals surface area contributed by atoms with Gasteiger partial charge in [-0.15, -0.1) is 0 Å². The fraction of sp³-hybridized carbons (Fsp3) is 0.185. The van der Waals surface area contributed by atoms with Crippen molar-refractivity contribution in [1.82, 2.24) is 5.43 Å². The molecule has 0 saturated heterocycles. The molecule has 0 heterocycles. The number of nitrogens with one attached hydrogen (secondary N) is 2. The van der Waals surface area contributed by atoms with Gasteiger partial charge in [-0.3, -0.25) is 9.59 Å². The second kappa shape index (κ2) is 11.5. The van der Waals surface area contributed by atoms with Gasteiger partial charge in [0, 0.05) is 27.3 Å². The summed E-state index contributed by atoms with van der Waals surface area (Å²) in [5.74, 6) is -1.78. The van der Waals surface area contributed by atoms with Gasteiger partial charge in [-0.1, -0.05) is 38.4 Å². The first kappa shape index (κ1) is 28.4. The zero-order valence-electron chi connectivity index (χ0n) is 20.5. The van der Waals surface area contributed by atoms with Crippen molar-refractivity contribution in [1.29, 1.82) is 0 Å². The number of alkyl halides is 3. The molecule has 3 aromatic carbocycles. The second-order valence-corrected chi connectivity index (χ2v) is 9.57. The smallest absolute Gasteiger partial charge is 0.416 e. The van der Waals surface area contributed by atoms with E-state index in [0.29, 0.717) is 11.8 Å². The van der Waals surface area contributed by atoms with Crippen LogP contribution >= 0.6 is 11.6 Å². The van der Waals surface area contributed by atoms with Crippen LogP contribution in [0.1, 0.15) is 52.6 Å². The van der Waals surface area contributed by atoms with Gasteiger partial charge in [0.25, 0.3) is 5.91 Å². The molecule has 3 rings (SSSR count). The van der Waals surface area contributed by atoms with Gasteiger partial charge < -0.3 is 10.1 Å². The third kappa shape index (κ3) is 7.66. The number of carbonyl (C=O) groups is 3. The van der Waals surface area contributed by atoms with E-state index < -0.39 is 29.0 Å². The summed E-state index contributed by atoms with van der Waals surface area (Å²) in [7, 11) is 0. The summed E-state index contributed by atoms with van der Waals surface area (Å²) in [4.78, 5) is 37.0. The Bertz CT molecular complexity index is 1380. The van der Waals surface area contributed by atoms with Crippen molar-refractivity contribution in [3.05, 3.63) is 94.0 Å². The first-order valence-corrected chi connectivity index (χ1v) is 11.6. The maximum absolute atomic E-state index is 13.0. The number of rotatable bonds is 6. The highest BCUT2D eigenvalue weighted by molar-refractivity contribution is 6.31. The summed E-state index contributed by atoms with van der Waals surface area (Å²) in [6, 6.07) is 14.2. The summed E-state index contributed by atoms with van der Waals surface area (Å²) in [6.07, 6.45) is -3.44. The van der Waals surface area contributed by atoms with E-state index in [1.165, 1.54) is 42.6 Å². The van der Waals surface area contributed by atoms with E-state index in [1.54, 1.807) is 32.9 Å². The highest BCUT2D eigenvalue weighted by Crippen LogP contribution is 2.30. The minimum atomic E-state index is -4.62. The first-order chi connectivity index (χ1) is 17.7. The van der Waals surface area contributed by atoms with Crippen LogP contribution in [0.5, 0.6) is 5.75 Å². The molecular weight excluding hydrogens is 523 g/mol. The van der Waals surface area contributed by atoms with Crippen LogP contribution in [-0.4, -0.2) is 24.0 Å². The molecule has 0 atom stereocenters. The minimum absolute atomic E-state index is 0.0336. The van der Waals surface area contributed by atoms with Crippen LogP contribution in [0.3, 0.4) is 0 Å². The van der Waals surface area contributed by atoms with Gasteiger partial charge in [0.1, 0.15) is 5.75 Å². The van der Waals surface area contributed by atoms with Crippen LogP contribution in [0, 0.1) is 5.41 Å². The molecule has 2 N–H and O–H groups in total. The highest BCUT2D eigenvalue weighted by Gasteiger charge is 2.31. The van der Waals surface area contributed by atoms with Gasteiger partial charge in [-0.2, -0.15) is 18.3 Å². The zero-order chi connectivity index (χ0) is 28.1. The minimum Gasteiger partial charge on any atom is -0.422 e. The van der Waals surface area contributed by atoms with Crippen molar-refractivity contribution in [2.75, 3.05) is 5.32 Å². The highest BCUT2D eigenvalue weighted by atomic mass is 35.5. The Labute approximate surface area is 221 Å². The molecule has 0 bridgehead atoms. The molecule has 0 aliphatic rings. The van der Waals surface area contributed by atoms with Crippen LogP contribution in [0.25, 0.3) is 0 Å². The number of hydrogen-bond acceptors (Lipinski definition) is 5. The van der Waals surface area contributed by atoms with Crippen LogP contribution in [0.15, 0.2) is 71.8 Å². The summed E-state index contributed by atoms with van der Waals surface area (Å²) in [5.41, 5.74) is 1.44. The molecule has 0 radical (unpaired) electrons. The van der Waals surface area contributed by atoms with Crippen molar-refractivity contribution in [3.63, 3.8) is 0 Å². The monoisotopic (exact) mass is 545 g/mol. The van der Waals surface area contributed by atoms with Gasteiger partial charge in [0.05, 0.1) is 17.3 Å². The molecule has 0 spiro atoms. The number of amides is 2. The topological polar surface area (TPSA) is 96.9 Å². The predicted molar refractivity (Wildman–Crippen MR) is 137 cm³/mol. The van der Waals surface area contributed by atoms with E-state index in [1.807, 2.05) is 0 Å². The number of hydrazone groups is 1. The fourth-order valence-electron chi connectivity index (χ4n) is 2.94. The van der Waals surface area contributed by atoms with Gasteiger partial charge in [0.2, 0.25) is 5.91 Å². The Hall–Kier alpha value is -4.18. The van der Waals surface area contributed by atoms with E-state index in [2.05, 4.69) is 15.8 Å². The maximum atomic E-state index is 13.0. The molecule has 11 heteroatoms. The van der Waals surface area contributed by atoms with E-state index in [9.17, 15) is 27.6 Å². The lowest BCUT2D eigenvalue weighted by molar-refractivity contribution is -0.137. The molecule has 198 valence electrons. The standard InChI is InChI=1S/C27H23ClF3N3O4/c1-26(2,3)25(37)33-21-10-7-16(8-11-21)23(35)34-32-15-18-14-20(28)9-12-22(18)38-24(36)17-5-4-6-19(13-17)27(29,30)31/h4-15H,1-3H3,(H,33,37)(H,34,35)/b32-15+. The number of esters is 1. The van der Waals surface area contributed by atoms with Gasteiger partial charge >= 0.3 is 12.1 Å². The molecule has 2 amide bonds. The molecule has 0 aliphatic carbocycles. The van der Waals surface area contributed by atoms with Crippen LogP contribution in [0.2, 0.25) is 5.02 Å². The van der Waals surface area contributed by atoms with E-state index in [0.717, 1.165) is 12.1 Å². The average molecular weight is 546 g/mol. The van der Waals surface area contributed by atoms with Crippen molar-refractivity contribution < 1.29 is 32.3 Å². The van der Waals surface area contributed by atoms with Crippen LogP contribution < -0.4 is 15.5 Å². The summed E-state index contributed by atoms with van der Waals surface area (Å²) in [6.45, 7) is 5.33. The molecule has 0 unspecified atom stereocenters. The number of anilines is 1. The predicted octanol–water partition coefficient (Wildman–Crippen LogP) is 6.33. The molecular formula is C27H23ClF3N3O4. The number of halogens is 4. The maximum Gasteiger partial charge on any atom is 0.416 e. The number of carbonyl (C=O) groups excluding carboxylic acids is 3. The first-order valence-electron chi connectivity index (χ1n) is 11.2. The van der Waals surface area contributed by atoms with Crippen molar-refractivity contribution in [3.8, 4) is 5.75 Å². The Balaban J connectivity index is 1.69. The van der Waals surface area contributed by atoms with Gasteiger partial charge in [0.15, 0.2) is 0 Å². The quantitative estimate of drug-likeness (QED) is 0.164. The van der Waals surface area contributed by atoms with Gasteiger partial charge in [-0.25, -0.2) is 10.2 Å².